The fourth-order valence-electron chi connectivity index (χ4n) is 4.57. The zero-order chi connectivity index (χ0) is 27.2. The number of ether oxygens (including phenoxy) is 1. The van der Waals surface area contributed by atoms with E-state index in [-0.39, 0.29) is 5.82 Å². The van der Waals surface area contributed by atoms with Crippen molar-refractivity contribution in [3.05, 3.63) is 79.4 Å². The quantitative estimate of drug-likeness (QED) is 0.308. The molecule has 1 fully saturated rings. The minimum absolute atomic E-state index is 0.290. The Bertz CT molecular complexity index is 1470. The van der Waals surface area contributed by atoms with E-state index in [1.165, 1.54) is 12.3 Å². The van der Waals surface area contributed by atoms with Crippen LogP contribution in [0.4, 0.5) is 27.5 Å². The van der Waals surface area contributed by atoms with Crippen molar-refractivity contribution >= 4 is 40.0 Å². The summed E-state index contributed by atoms with van der Waals surface area (Å²) in [5.41, 5.74) is 3.27. The van der Waals surface area contributed by atoms with Crippen LogP contribution in [0, 0.1) is 5.82 Å². The van der Waals surface area contributed by atoms with Crippen molar-refractivity contribution < 1.29 is 13.9 Å². The lowest BCUT2D eigenvalue weighted by Crippen LogP contribution is -2.47. The number of carbonyl (C=O) groups excluding carboxylic acids is 1. The molecule has 2 aromatic heterocycles. The monoisotopic (exact) mass is 527 g/mol. The summed E-state index contributed by atoms with van der Waals surface area (Å²) in [6.45, 7) is 9.10. The second-order valence-electron chi connectivity index (χ2n) is 9.17. The van der Waals surface area contributed by atoms with Gasteiger partial charge in [0.15, 0.2) is 0 Å². The average Bonchev–Trinajstić information content (AvgIpc) is 2.97. The van der Waals surface area contributed by atoms with Gasteiger partial charge in [0.1, 0.15) is 11.6 Å². The van der Waals surface area contributed by atoms with Gasteiger partial charge in [-0.15, -0.1) is 0 Å². The Hall–Kier alpha value is -4.41. The molecule has 10 heteroatoms. The van der Waals surface area contributed by atoms with Crippen LogP contribution in [-0.4, -0.2) is 72.2 Å². The highest BCUT2D eigenvalue weighted by molar-refractivity contribution is 5.99. The van der Waals surface area contributed by atoms with Crippen molar-refractivity contribution in [3.63, 3.8) is 0 Å². The van der Waals surface area contributed by atoms with Crippen LogP contribution in [-0.2, 0) is 9.53 Å². The number of hydrogen-bond acceptors (Lipinski definition) is 8. The maximum atomic E-state index is 15.1. The van der Waals surface area contributed by atoms with Crippen LogP contribution in [0.25, 0.3) is 22.0 Å². The van der Waals surface area contributed by atoms with Gasteiger partial charge in [0.2, 0.25) is 11.9 Å². The summed E-state index contributed by atoms with van der Waals surface area (Å²) >= 11 is 0. The van der Waals surface area contributed by atoms with Crippen LogP contribution in [0.3, 0.4) is 0 Å². The van der Waals surface area contributed by atoms with E-state index in [0.29, 0.717) is 28.0 Å². The number of anilines is 4. The van der Waals surface area contributed by atoms with E-state index in [1.807, 2.05) is 12.1 Å². The molecule has 0 saturated carbocycles. The largest absolute Gasteiger partial charge is 0.383 e. The van der Waals surface area contributed by atoms with Crippen LogP contribution < -0.4 is 15.5 Å². The SMILES string of the molecule is C=CC(=O)Nc1cc(-c2c(F)ccc3cnc(Nc4ccc(N5CCN(CCOC)CC5)cc4)nc23)ccn1. The van der Waals surface area contributed by atoms with Crippen LogP contribution in [0.1, 0.15) is 0 Å². The molecule has 4 aromatic rings. The zero-order valence-electron chi connectivity index (χ0n) is 21.7. The fourth-order valence-corrected chi connectivity index (χ4v) is 4.57. The molecule has 200 valence electrons. The Labute approximate surface area is 226 Å². The Morgan fingerprint density at radius 1 is 1.10 bits per heavy atom. The van der Waals surface area contributed by atoms with Crippen molar-refractivity contribution in [1.82, 2.24) is 19.9 Å². The van der Waals surface area contributed by atoms with Crippen molar-refractivity contribution in [2.24, 2.45) is 0 Å². The summed E-state index contributed by atoms with van der Waals surface area (Å²) in [4.78, 5) is 29.7. The fraction of sp³-hybridized carbons (Fsp3) is 0.241. The van der Waals surface area contributed by atoms with Crippen molar-refractivity contribution in [2.45, 2.75) is 0 Å². The summed E-state index contributed by atoms with van der Waals surface area (Å²) in [6, 6.07) is 14.4. The Morgan fingerprint density at radius 3 is 2.64 bits per heavy atom. The van der Waals surface area contributed by atoms with Crippen LogP contribution in [0.15, 0.2) is 73.6 Å². The molecule has 9 nitrogen and oxygen atoms in total. The lowest BCUT2D eigenvalue weighted by molar-refractivity contribution is -0.111. The predicted octanol–water partition coefficient (Wildman–Crippen LogP) is 4.47. The van der Waals surface area contributed by atoms with Crippen molar-refractivity contribution in [1.29, 1.82) is 0 Å². The lowest BCUT2D eigenvalue weighted by atomic mass is 10.0. The van der Waals surface area contributed by atoms with Gasteiger partial charge in [0.25, 0.3) is 0 Å². The number of amides is 1. The van der Waals surface area contributed by atoms with Crippen molar-refractivity contribution in [3.8, 4) is 11.1 Å². The number of rotatable bonds is 9. The van der Waals surface area contributed by atoms with Gasteiger partial charge in [-0.2, -0.15) is 0 Å². The van der Waals surface area contributed by atoms with Crippen LogP contribution >= 0.6 is 0 Å². The molecule has 0 unspecified atom stereocenters. The number of benzene rings is 2. The number of hydrogen-bond donors (Lipinski definition) is 2. The molecule has 1 saturated heterocycles. The molecule has 1 aliphatic rings. The van der Waals surface area contributed by atoms with Gasteiger partial charge < -0.3 is 20.3 Å². The van der Waals surface area contributed by atoms with Gasteiger partial charge in [0.05, 0.1) is 12.1 Å². The molecule has 0 atom stereocenters. The predicted molar refractivity (Wildman–Crippen MR) is 152 cm³/mol. The second kappa shape index (κ2) is 12.0. The molecule has 1 aliphatic heterocycles. The number of halogens is 1. The summed E-state index contributed by atoms with van der Waals surface area (Å²) < 4.78 is 20.3. The third-order valence-corrected chi connectivity index (χ3v) is 6.66. The van der Waals surface area contributed by atoms with Gasteiger partial charge in [0, 0.05) is 74.6 Å². The molecule has 0 spiro atoms. The third-order valence-electron chi connectivity index (χ3n) is 6.66. The first-order chi connectivity index (χ1) is 19.0. The number of fused-ring (bicyclic) bond motifs is 1. The third kappa shape index (κ3) is 6.19. The average molecular weight is 528 g/mol. The van der Waals surface area contributed by atoms with Crippen LogP contribution in [0.5, 0.6) is 0 Å². The highest BCUT2D eigenvalue weighted by atomic mass is 19.1. The van der Waals surface area contributed by atoms with Gasteiger partial charge >= 0.3 is 0 Å². The first-order valence-corrected chi connectivity index (χ1v) is 12.7. The molecule has 2 aromatic carbocycles. The zero-order valence-corrected chi connectivity index (χ0v) is 21.7. The molecule has 0 radical (unpaired) electrons. The molecule has 0 bridgehead atoms. The van der Waals surface area contributed by atoms with E-state index < -0.39 is 11.7 Å². The Balaban J connectivity index is 1.34. The number of pyridine rings is 1. The first-order valence-electron chi connectivity index (χ1n) is 12.7. The molecular formula is C29H30FN7O2. The first kappa shape index (κ1) is 26.2. The number of carbonyl (C=O) groups is 1. The minimum Gasteiger partial charge on any atom is -0.383 e. The van der Waals surface area contributed by atoms with Gasteiger partial charge in [-0.1, -0.05) is 6.58 Å². The number of methoxy groups -OCH3 is 1. The minimum atomic E-state index is -0.439. The molecule has 2 N–H and O–H groups in total. The molecule has 1 amide bonds. The number of nitrogens with one attached hydrogen (secondary N) is 2. The highest BCUT2D eigenvalue weighted by Gasteiger charge is 2.17. The molecule has 0 aliphatic carbocycles. The van der Waals surface area contributed by atoms with E-state index >= 15 is 4.39 Å². The Morgan fingerprint density at radius 2 is 1.90 bits per heavy atom. The molecule has 3 heterocycles. The van der Waals surface area contributed by atoms with E-state index in [1.54, 1.807) is 31.5 Å². The standard InChI is InChI=1S/C29H30FN7O2/c1-3-26(38)34-25-18-20(10-11-31-25)27-24(30)9-4-21-19-32-29(35-28(21)27)33-22-5-7-23(8-6-22)37-14-12-36(13-15-37)16-17-39-2/h3-11,18-19H,1,12-17H2,2H3,(H,31,34,38)(H,32,33,35). The van der Waals surface area contributed by atoms with Gasteiger partial charge in [-0.05, 0) is 60.2 Å². The number of piperazine rings is 1. The van der Waals surface area contributed by atoms with Gasteiger partial charge in [-0.25, -0.2) is 19.3 Å². The van der Waals surface area contributed by atoms with Crippen molar-refractivity contribution in [2.75, 3.05) is 62.0 Å². The van der Waals surface area contributed by atoms with Crippen LogP contribution in [0.2, 0.25) is 0 Å². The molecule has 5 rings (SSSR count). The summed E-state index contributed by atoms with van der Waals surface area (Å²) in [5, 5.41) is 6.52. The second-order valence-corrected chi connectivity index (χ2v) is 9.17. The lowest BCUT2D eigenvalue weighted by Gasteiger charge is -2.36. The summed E-state index contributed by atoms with van der Waals surface area (Å²) in [7, 11) is 1.73. The maximum Gasteiger partial charge on any atom is 0.248 e. The molecule has 39 heavy (non-hydrogen) atoms. The normalized spacial score (nSPS) is 13.8. The van der Waals surface area contributed by atoms with E-state index in [2.05, 4.69) is 54.1 Å². The van der Waals surface area contributed by atoms with Gasteiger partial charge in [-0.3, -0.25) is 9.69 Å². The highest BCUT2D eigenvalue weighted by Crippen LogP contribution is 2.32. The molecular weight excluding hydrogens is 497 g/mol. The summed E-state index contributed by atoms with van der Waals surface area (Å²) in [5.74, 6) is -0.200. The number of nitrogens with zero attached hydrogens (tertiary/aromatic N) is 5. The summed E-state index contributed by atoms with van der Waals surface area (Å²) in [6.07, 6.45) is 4.31. The smallest absolute Gasteiger partial charge is 0.248 e. The van der Waals surface area contributed by atoms with E-state index in [4.69, 9.17) is 4.74 Å². The van der Waals surface area contributed by atoms with E-state index in [0.717, 1.165) is 56.8 Å². The topological polar surface area (TPSA) is 95.5 Å². The maximum absolute atomic E-state index is 15.1. The Kier molecular flexibility index (Phi) is 8.04. The number of aromatic nitrogens is 3. The van der Waals surface area contributed by atoms with E-state index in [9.17, 15) is 4.79 Å².